The van der Waals surface area contributed by atoms with Crippen molar-refractivity contribution in [3.63, 3.8) is 0 Å². The molecule has 0 spiro atoms. The number of thioether (sulfide) groups is 1. The van der Waals surface area contributed by atoms with Crippen LogP contribution in [0, 0.1) is 6.92 Å². The van der Waals surface area contributed by atoms with Crippen LogP contribution in [0.3, 0.4) is 0 Å². The Bertz CT molecular complexity index is 566. The number of aromatic hydroxyl groups is 1. The second kappa shape index (κ2) is 6.82. The smallest absolute Gasteiger partial charge is 0.122 e. The van der Waals surface area contributed by atoms with Crippen molar-refractivity contribution in [2.45, 2.75) is 31.3 Å². The molecule has 0 fully saturated rings. The number of hydrogen-bond donors (Lipinski definition) is 2. The van der Waals surface area contributed by atoms with Crippen LogP contribution >= 0.6 is 11.8 Å². The van der Waals surface area contributed by atoms with Crippen LogP contribution in [-0.4, -0.2) is 11.4 Å². The molecule has 2 aromatic rings. The summed E-state index contributed by atoms with van der Waals surface area (Å²) in [6.07, 6.45) is 2.08. The summed E-state index contributed by atoms with van der Waals surface area (Å²) >= 11 is 1.75. The van der Waals surface area contributed by atoms with Gasteiger partial charge in [0, 0.05) is 23.0 Å². The number of para-hydroxylation sites is 1. The molecule has 2 rings (SSSR count). The normalized spacial score (nSPS) is 12.3. The molecule has 2 aromatic carbocycles. The summed E-state index contributed by atoms with van der Waals surface area (Å²) in [6.45, 7) is 4.73. The molecule has 1 unspecified atom stereocenters. The summed E-state index contributed by atoms with van der Waals surface area (Å²) in [6, 6.07) is 14.7. The van der Waals surface area contributed by atoms with Gasteiger partial charge in [0.15, 0.2) is 0 Å². The highest BCUT2D eigenvalue weighted by Crippen LogP contribution is 2.23. The third kappa shape index (κ3) is 3.56. The molecule has 0 saturated heterocycles. The van der Waals surface area contributed by atoms with Crippen LogP contribution in [0.4, 0.5) is 0 Å². The predicted molar refractivity (Wildman–Crippen MR) is 86.3 cm³/mol. The molecule has 1 atom stereocenters. The van der Waals surface area contributed by atoms with Gasteiger partial charge in [0.1, 0.15) is 5.75 Å². The Kier molecular flexibility index (Phi) is 5.10. The summed E-state index contributed by atoms with van der Waals surface area (Å²) < 4.78 is 0. The van der Waals surface area contributed by atoms with Gasteiger partial charge in [-0.3, -0.25) is 0 Å². The van der Waals surface area contributed by atoms with Crippen molar-refractivity contribution in [3.05, 3.63) is 59.2 Å². The number of rotatable bonds is 5. The van der Waals surface area contributed by atoms with Crippen molar-refractivity contribution in [2.24, 2.45) is 0 Å². The van der Waals surface area contributed by atoms with Gasteiger partial charge in [0.25, 0.3) is 0 Å². The molecular formula is C17H21NOS. The zero-order chi connectivity index (χ0) is 14.5. The van der Waals surface area contributed by atoms with Crippen molar-refractivity contribution < 1.29 is 5.11 Å². The van der Waals surface area contributed by atoms with Crippen molar-refractivity contribution in [3.8, 4) is 5.75 Å². The maximum atomic E-state index is 10.0. The lowest BCUT2D eigenvalue weighted by molar-refractivity contribution is 0.456. The minimum Gasteiger partial charge on any atom is -0.507 e. The first-order valence-corrected chi connectivity index (χ1v) is 7.99. The van der Waals surface area contributed by atoms with Gasteiger partial charge in [-0.25, -0.2) is 0 Å². The van der Waals surface area contributed by atoms with E-state index in [2.05, 4.69) is 42.8 Å². The van der Waals surface area contributed by atoms with Crippen molar-refractivity contribution >= 4 is 11.8 Å². The van der Waals surface area contributed by atoms with E-state index in [0.717, 1.165) is 11.1 Å². The molecule has 0 bridgehead atoms. The maximum Gasteiger partial charge on any atom is 0.122 e. The van der Waals surface area contributed by atoms with Gasteiger partial charge in [-0.1, -0.05) is 30.3 Å². The highest BCUT2D eigenvalue weighted by atomic mass is 32.2. The topological polar surface area (TPSA) is 32.3 Å². The van der Waals surface area contributed by atoms with Gasteiger partial charge in [-0.05, 0) is 43.4 Å². The summed E-state index contributed by atoms with van der Waals surface area (Å²) in [7, 11) is 0. The van der Waals surface area contributed by atoms with E-state index < -0.39 is 0 Å². The predicted octanol–water partition coefficient (Wildman–Crippen LogP) is 4.27. The van der Waals surface area contributed by atoms with Crippen LogP contribution in [0.2, 0.25) is 0 Å². The number of phenolic OH excluding ortho intramolecular Hbond substituents is 1. The first-order chi connectivity index (χ1) is 9.61. The number of benzene rings is 2. The van der Waals surface area contributed by atoms with Crippen LogP contribution in [-0.2, 0) is 6.54 Å². The molecule has 0 amide bonds. The molecule has 0 aliphatic rings. The average molecular weight is 287 g/mol. The van der Waals surface area contributed by atoms with Crippen LogP contribution in [0.15, 0.2) is 47.4 Å². The van der Waals surface area contributed by atoms with Gasteiger partial charge in [0.05, 0.1) is 0 Å². The summed E-state index contributed by atoms with van der Waals surface area (Å²) in [5.41, 5.74) is 3.12. The summed E-state index contributed by atoms with van der Waals surface area (Å²) in [5.74, 6) is 0.393. The van der Waals surface area contributed by atoms with Gasteiger partial charge in [0.2, 0.25) is 0 Å². The second-order valence-corrected chi connectivity index (χ2v) is 5.84. The van der Waals surface area contributed by atoms with Crippen LogP contribution < -0.4 is 5.32 Å². The Morgan fingerprint density at radius 3 is 2.50 bits per heavy atom. The van der Waals surface area contributed by atoms with Crippen LogP contribution in [0.5, 0.6) is 5.75 Å². The standard InChI is InChI=1S/C17H21NOS/c1-12-5-4-6-15(17(12)19)11-18-13(2)14-7-9-16(20-3)10-8-14/h4-10,13,18-19H,11H2,1-3H3. The molecule has 2 nitrogen and oxygen atoms in total. The van der Waals surface area contributed by atoms with Gasteiger partial charge >= 0.3 is 0 Å². The molecule has 0 aliphatic heterocycles. The molecule has 0 radical (unpaired) electrons. The third-order valence-electron chi connectivity index (χ3n) is 3.54. The summed E-state index contributed by atoms with van der Waals surface area (Å²) in [5, 5.41) is 13.5. The van der Waals surface area contributed by atoms with Crippen molar-refractivity contribution in [1.82, 2.24) is 5.32 Å². The first kappa shape index (κ1) is 14.9. The highest BCUT2D eigenvalue weighted by molar-refractivity contribution is 7.98. The fourth-order valence-electron chi connectivity index (χ4n) is 2.14. The Morgan fingerprint density at radius 2 is 1.85 bits per heavy atom. The number of phenols is 1. The monoisotopic (exact) mass is 287 g/mol. The molecule has 3 heteroatoms. The molecule has 106 valence electrons. The fraction of sp³-hybridized carbons (Fsp3) is 0.294. The third-order valence-corrected chi connectivity index (χ3v) is 4.28. The van der Waals surface area contributed by atoms with E-state index in [0.29, 0.717) is 12.3 Å². The highest BCUT2D eigenvalue weighted by Gasteiger charge is 2.07. The molecule has 0 heterocycles. The minimum atomic E-state index is 0.255. The van der Waals surface area contributed by atoms with Crippen molar-refractivity contribution in [2.75, 3.05) is 6.26 Å². The first-order valence-electron chi connectivity index (χ1n) is 6.76. The average Bonchev–Trinajstić information content (AvgIpc) is 2.48. The second-order valence-electron chi connectivity index (χ2n) is 4.96. The minimum absolute atomic E-state index is 0.255. The van der Waals surface area contributed by atoms with Crippen LogP contribution in [0.25, 0.3) is 0 Å². The lowest BCUT2D eigenvalue weighted by Crippen LogP contribution is -2.18. The zero-order valence-electron chi connectivity index (χ0n) is 12.2. The molecule has 0 saturated carbocycles. The van der Waals surface area contributed by atoms with Gasteiger partial charge < -0.3 is 10.4 Å². The lowest BCUT2D eigenvalue weighted by atomic mass is 10.1. The lowest BCUT2D eigenvalue weighted by Gasteiger charge is -2.16. The van der Waals surface area contributed by atoms with Crippen molar-refractivity contribution in [1.29, 1.82) is 0 Å². The maximum absolute atomic E-state index is 10.0. The Hall–Kier alpha value is -1.45. The Labute approximate surface area is 125 Å². The van der Waals surface area contributed by atoms with E-state index in [1.807, 2.05) is 25.1 Å². The molecule has 2 N–H and O–H groups in total. The quantitative estimate of drug-likeness (QED) is 0.805. The van der Waals surface area contributed by atoms with E-state index in [9.17, 15) is 5.11 Å². The SMILES string of the molecule is CSc1ccc(C(C)NCc2cccc(C)c2O)cc1. The molecular weight excluding hydrogens is 266 g/mol. The fourth-order valence-corrected chi connectivity index (χ4v) is 2.54. The van der Waals surface area contributed by atoms with E-state index in [1.54, 1.807) is 11.8 Å². The number of nitrogens with one attached hydrogen (secondary N) is 1. The molecule has 20 heavy (non-hydrogen) atoms. The Balaban J connectivity index is 2.00. The van der Waals surface area contributed by atoms with Crippen LogP contribution in [0.1, 0.15) is 29.7 Å². The zero-order valence-corrected chi connectivity index (χ0v) is 13.0. The largest absolute Gasteiger partial charge is 0.507 e. The number of hydrogen-bond acceptors (Lipinski definition) is 3. The van der Waals surface area contributed by atoms with E-state index in [1.165, 1.54) is 10.5 Å². The molecule has 0 aliphatic carbocycles. The van der Waals surface area contributed by atoms with E-state index in [-0.39, 0.29) is 6.04 Å². The summed E-state index contributed by atoms with van der Waals surface area (Å²) in [4.78, 5) is 1.28. The van der Waals surface area contributed by atoms with Gasteiger partial charge in [-0.15, -0.1) is 11.8 Å². The Morgan fingerprint density at radius 1 is 1.15 bits per heavy atom. The van der Waals surface area contributed by atoms with E-state index in [4.69, 9.17) is 0 Å². The number of aryl methyl sites for hydroxylation is 1. The molecule has 0 aromatic heterocycles. The van der Waals surface area contributed by atoms with Gasteiger partial charge in [-0.2, -0.15) is 0 Å². The van der Waals surface area contributed by atoms with E-state index >= 15 is 0 Å².